The first kappa shape index (κ1) is 6.87. The summed E-state index contributed by atoms with van der Waals surface area (Å²) in [4.78, 5) is 11.3. The Bertz CT molecular complexity index is 429. The molecule has 0 unspecified atom stereocenters. The highest BCUT2D eigenvalue weighted by molar-refractivity contribution is 5.72. The Hall–Kier alpha value is -1.51. The topological polar surface area (TPSA) is 35.5 Å². The lowest BCUT2D eigenvalue weighted by molar-refractivity contribution is -0.139. The summed E-state index contributed by atoms with van der Waals surface area (Å²) in [7, 11) is 1.18. The van der Waals surface area contributed by atoms with Crippen LogP contribution in [-0.2, 0) is 22.3 Å². The summed E-state index contributed by atoms with van der Waals surface area (Å²) in [6.07, 6.45) is -1.35. The van der Waals surface area contributed by atoms with E-state index in [-0.39, 0.29) is 0 Å². The van der Waals surface area contributed by atoms with Crippen molar-refractivity contribution in [3.8, 4) is 5.75 Å². The maximum atomic E-state index is 11.3. The Kier molecular flexibility index (Phi) is 1.82. The molecule has 3 heteroatoms. The van der Waals surface area contributed by atoms with E-state index in [1.54, 1.807) is 18.2 Å². The lowest BCUT2D eigenvalue weighted by Crippen LogP contribution is -2.04. The third-order valence-electron chi connectivity index (χ3n) is 2.12. The molecule has 0 atom stereocenters. The van der Waals surface area contributed by atoms with Crippen molar-refractivity contribution in [1.29, 1.82) is 0 Å². The second-order valence-electron chi connectivity index (χ2n) is 3.04. The van der Waals surface area contributed by atoms with Gasteiger partial charge in [0.05, 0.1) is 20.1 Å². The Morgan fingerprint density at radius 2 is 2.57 bits per heavy atom. The number of esters is 1. The van der Waals surface area contributed by atoms with Gasteiger partial charge in [0.25, 0.3) is 0 Å². The molecule has 1 aliphatic heterocycles. The summed E-state index contributed by atoms with van der Waals surface area (Å²) in [6, 6.07) is 4.92. The molecule has 1 heterocycles. The number of methoxy groups -OCH3 is 1. The number of carbonyl (C=O) groups excluding carboxylic acids is 1. The molecule has 0 N–H and O–H groups in total. The van der Waals surface area contributed by atoms with Gasteiger partial charge in [0.15, 0.2) is 0 Å². The number of rotatable bonds is 2. The normalized spacial score (nSPS) is 16.4. The van der Waals surface area contributed by atoms with Crippen molar-refractivity contribution in [1.82, 2.24) is 0 Å². The van der Waals surface area contributed by atoms with Crippen LogP contribution in [0.3, 0.4) is 0 Å². The molecule has 1 aliphatic rings. The summed E-state index contributed by atoms with van der Waals surface area (Å²) in [5, 5.41) is 0. The highest BCUT2D eigenvalue weighted by Crippen LogP contribution is 2.25. The van der Waals surface area contributed by atoms with Crippen LogP contribution in [0.1, 0.15) is 13.9 Å². The van der Waals surface area contributed by atoms with Gasteiger partial charge in [-0.3, -0.25) is 4.79 Å². The first-order chi connectivity index (χ1) is 7.55. The molecule has 0 saturated heterocycles. The van der Waals surface area contributed by atoms with Crippen LogP contribution in [0.4, 0.5) is 0 Å². The molecule has 0 spiro atoms. The van der Waals surface area contributed by atoms with Crippen LogP contribution < -0.4 is 4.74 Å². The molecular weight excluding hydrogens is 180 g/mol. The summed E-state index contributed by atoms with van der Waals surface area (Å²) in [5.41, 5.74) is 1.24. The van der Waals surface area contributed by atoms with Crippen LogP contribution in [-0.4, -0.2) is 19.7 Å². The highest BCUT2D eigenvalue weighted by Gasteiger charge is 2.13. The molecule has 0 bridgehead atoms. The van der Waals surface area contributed by atoms with Gasteiger partial charge in [-0.15, -0.1) is 0 Å². The fourth-order valence-electron chi connectivity index (χ4n) is 1.43. The van der Waals surface area contributed by atoms with Crippen molar-refractivity contribution >= 4 is 5.97 Å². The number of hydrogen-bond donors (Lipinski definition) is 0. The standard InChI is InChI=1S/C11H12O3/c1-13-11(12)7-8-2-3-10-9(6-8)4-5-14-10/h2-3,6H,4-5,7H2,1H3/i7D2. The molecule has 0 saturated carbocycles. The van der Waals surface area contributed by atoms with E-state index in [4.69, 9.17) is 7.48 Å². The van der Waals surface area contributed by atoms with Crippen LogP contribution in [0.5, 0.6) is 5.75 Å². The van der Waals surface area contributed by atoms with Crippen molar-refractivity contribution in [2.75, 3.05) is 13.7 Å². The summed E-state index contributed by atoms with van der Waals surface area (Å²) in [6.45, 7) is 0.611. The minimum atomic E-state index is -2.10. The smallest absolute Gasteiger partial charge is 0.309 e. The molecule has 14 heavy (non-hydrogen) atoms. The van der Waals surface area contributed by atoms with Gasteiger partial charge in [-0.05, 0) is 17.2 Å². The maximum Gasteiger partial charge on any atom is 0.309 e. The number of carbonyl (C=O) groups is 1. The van der Waals surface area contributed by atoms with E-state index < -0.39 is 12.3 Å². The predicted octanol–water partition coefficient (Wildman–Crippen LogP) is 1.34. The fourth-order valence-corrected chi connectivity index (χ4v) is 1.43. The second-order valence-corrected chi connectivity index (χ2v) is 3.04. The van der Waals surface area contributed by atoms with E-state index in [9.17, 15) is 4.79 Å². The van der Waals surface area contributed by atoms with Crippen LogP contribution in [0.2, 0.25) is 0 Å². The van der Waals surface area contributed by atoms with Gasteiger partial charge in [-0.25, -0.2) is 0 Å². The van der Waals surface area contributed by atoms with Gasteiger partial charge in [-0.2, -0.15) is 0 Å². The number of ether oxygens (including phenoxy) is 2. The van der Waals surface area contributed by atoms with Gasteiger partial charge in [0.2, 0.25) is 0 Å². The summed E-state index contributed by atoms with van der Waals surface area (Å²) in [5.74, 6) is -0.115. The molecule has 0 amide bonds. The summed E-state index contributed by atoms with van der Waals surface area (Å²) >= 11 is 0. The van der Waals surface area contributed by atoms with Gasteiger partial charge < -0.3 is 9.47 Å². The first-order valence-electron chi connectivity index (χ1n) is 5.40. The lowest BCUT2D eigenvalue weighted by atomic mass is 10.1. The van der Waals surface area contributed by atoms with Crippen molar-refractivity contribution in [2.45, 2.75) is 12.8 Å². The van der Waals surface area contributed by atoms with Crippen molar-refractivity contribution in [3.63, 3.8) is 0 Å². The van der Waals surface area contributed by atoms with E-state index >= 15 is 0 Å². The maximum absolute atomic E-state index is 11.3. The zero-order valence-corrected chi connectivity index (χ0v) is 7.87. The molecule has 0 aromatic heterocycles. The van der Waals surface area contributed by atoms with Gasteiger partial charge in [0.1, 0.15) is 5.75 Å². The van der Waals surface area contributed by atoms with Crippen LogP contribution in [0.15, 0.2) is 18.2 Å². The minimum Gasteiger partial charge on any atom is -0.493 e. The third kappa shape index (κ3) is 1.71. The molecule has 2 rings (SSSR count). The highest BCUT2D eigenvalue weighted by atomic mass is 16.5. The van der Waals surface area contributed by atoms with E-state index in [0.717, 1.165) is 17.7 Å². The number of hydrogen-bond acceptors (Lipinski definition) is 3. The molecule has 3 nitrogen and oxygen atoms in total. The fraction of sp³-hybridized carbons (Fsp3) is 0.364. The number of fused-ring (bicyclic) bond motifs is 1. The monoisotopic (exact) mass is 194 g/mol. The Balaban J connectivity index is 2.37. The minimum absolute atomic E-state index is 0.309. The lowest BCUT2D eigenvalue weighted by Gasteiger charge is -2.02. The van der Waals surface area contributed by atoms with Gasteiger partial charge in [0, 0.05) is 9.16 Å². The first-order valence-corrected chi connectivity index (χ1v) is 4.40. The quantitative estimate of drug-likeness (QED) is 0.666. The molecule has 1 aromatic carbocycles. The Morgan fingerprint density at radius 3 is 3.36 bits per heavy atom. The zero-order chi connectivity index (χ0) is 11.8. The SMILES string of the molecule is [2H]C([2H])(C(=O)OC)c1ccc2c(c1)CCO2. The van der Waals surface area contributed by atoms with E-state index in [1.807, 2.05) is 0 Å². The van der Waals surface area contributed by atoms with Crippen LogP contribution >= 0.6 is 0 Å². The second kappa shape index (κ2) is 3.70. The van der Waals surface area contributed by atoms with Crippen molar-refractivity contribution < 1.29 is 17.0 Å². The molecule has 0 aliphatic carbocycles. The van der Waals surface area contributed by atoms with Gasteiger partial charge in [-0.1, -0.05) is 12.1 Å². The van der Waals surface area contributed by atoms with E-state index in [0.29, 0.717) is 12.2 Å². The van der Waals surface area contributed by atoms with Crippen molar-refractivity contribution in [2.24, 2.45) is 0 Å². The average Bonchev–Trinajstić information content (AvgIpc) is 2.74. The molecule has 0 fully saturated rings. The van der Waals surface area contributed by atoms with Gasteiger partial charge >= 0.3 is 5.97 Å². The van der Waals surface area contributed by atoms with Crippen molar-refractivity contribution in [3.05, 3.63) is 29.3 Å². The third-order valence-corrected chi connectivity index (χ3v) is 2.12. The zero-order valence-electron chi connectivity index (χ0n) is 9.87. The molecular formula is C11H12O3. The molecule has 0 radical (unpaired) electrons. The van der Waals surface area contributed by atoms with E-state index in [2.05, 4.69) is 4.74 Å². The molecule has 74 valence electrons. The van der Waals surface area contributed by atoms with Crippen LogP contribution in [0.25, 0.3) is 0 Å². The average molecular weight is 194 g/mol. The summed E-state index contributed by atoms with van der Waals surface area (Å²) < 4.78 is 25.1. The largest absolute Gasteiger partial charge is 0.493 e. The van der Waals surface area contributed by atoms with E-state index in [1.165, 1.54) is 7.11 Å². The number of benzene rings is 1. The Morgan fingerprint density at radius 1 is 1.71 bits per heavy atom. The molecule has 1 aromatic rings. The Labute approximate surface area is 85.4 Å². The van der Waals surface area contributed by atoms with Crippen LogP contribution in [0, 0.1) is 0 Å². The predicted molar refractivity (Wildman–Crippen MR) is 51.4 cm³/mol.